The fourth-order valence-corrected chi connectivity index (χ4v) is 2.09. The summed E-state index contributed by atoms with van der Waals surface area (Å²) >= 11 is 1.03. The van der Waals surface area contributed by atoms with Crippen LogP contribution in [0.15, 0.2) is 23.1 Å². The van der Waals surface area contributed by atoms with Crippen molar-refractivity contribution in [2.75, 3.05) is 12.9 Å². The summed E-state index contributed by atoms with van der Waals surface area (Å²) in [7, 11) is 1.26. The molecule has 0 aliphatic carbocycles. The average Bonchev–Trinajstić information content (AvgIpc) is 2.35. The Labute approximate surface area is 108 Å². The molecule has 98 valence electrons. The zero-order valence-corrected chi connectivity index (χ0v) is 10.8. The van der Waals surface area contributed by atoms with Gasteiger partial charge in [-0.2, -0.15) is 0 Å². The molecule has 0 saturated carbocycles. The normalized spacial score (nSPS) is 11.9. The molecule has 1 atom stereocenters. The summed E-state index contributed by atoms with van der Waals surface area (Å²) in [5.41, 5.74) is 0.339. The van der Waals surface area contributed by atoms with Crippen LogP contribution in [0, 0.1) is 10.1 Å². The van der Waals surface area contributed by atoms with E-state index in [2.05, 4.69) is 4.74 Å². The molecule has 0 amide bonds. The number of ether oxygens (including phenoxy) is 1. The lowest BCUT2D eigenvalue weighted by atomic mass is 10.1. The van der Waals surface area contributed by atoms with Crippen molar-refractivity contribution in [2.24, 2.45) is 0 Å². The number of aliphatic hydroxyl groups excluding tert-OH is 1. The van der Waals surface area contributed by atoms with Crippen molar-refractivity contribution in [3.05, 3.63) is 33.9 Å². The minimum Gasteiger partial charge on any atom is -0.468 e. The smallest absolute Gasteiger partial charge is 0.315 e. The quantitative estimate of drug-likeness (QED) is 0.381. The largest absolute Gasteiger partial charge is 0.468 e. The fraction of sp³-hybridized carbons (Fsp3) is 0.364. The zero-order chi connectivity index (χ0) is 13.7. The van der Waals surface area contributed by atoms with E-state index in [0.29, 0.717) is 10.5 Å². The van der Waals surface area contributed by atoms with Gasteiger partial charge < -0.3 is 9.84 Å². The topological polar surface area (TPSA) is 89.7 Å². The Morgan fingerprint density at radius 2 is 2.28 bits per heavy atom. The average molecular weight is 271 g/mol. The number of rotatable bonds is 5. The molecule has 0 bridgehead atoms. The second-order valence-corrected chi connectivity index (χ2v) is 4.54. The molecule has 0 aliphatic rings. The molecule has 18 heavy (non-hydrogen) atoms. The highest BCUT2D eigenvalue weighted by molar-refractivity contribution is 8.00. The van der Waals surface area contributed by atoms with E-state index in [9.17, 15) is 20.0 Å². The molecule has 0 radical (unpaired) electrons. The SMILES string of the molecule is COC(=O)CSc1ccc([C@@H](C)O)cc1[N+](=O)[O-]. The number of nitrogens with zero attached hydrogens (tertiary/aromatic N) is 1. The number of thioether (sulfide) groups is 1. The molecule has 1 rings (SSSR count). The van der Waals surface area contributed by atoms with Gasteiger partial charge in [-0.1, -0.05) is 6.07 Å². The third-order valence-electron chi connectivity index (χ3n) is 2.24. The number of methoxy groups -OCH3 is 1. The number of nitro groups is 1. The number of hydrogen-bond donors (Lipinski definition) is 1. The van der Waals surface area contributed by atoms with Gasteiger partial charge in [0.25, 0.3) is 5.69 Å². The van der Waals surface area contributed by atoms with Crippen LogP contribution in [-0.4, -0.2) is 28.9 Å². The van der Waals surface area contributed by atoms with Crippen LogP contribution in [0.2, 0.25) is 0 Å². The van der Waals surface area contributed by atoms with Crippen LogP contribution in [0.25, 0.3) is 0 Å². The first-order valence-electron chi connectivity index (χ1n) is 5.11. The summed E-state index contributed by atoms with van der Waals surface area (Å²) in [6.07, 6.45) is -0.775. The van der Waals surface area contributed by atoms with E-state index in [-0.39, 0.29) is 11.4 Å². The molecule has 1 aromatic rings. The number of benzene rings is 1. The van der Waals surface area contributed by atoms with E-state index in [1.165, 1.54) is 26.2 Å². The summed E-state index contributed by atoms with van der Waals surface area (Å²) in [6, 6.07) is 4.43. The number of carbonyl (C=O) groups excluding carboxylic acids is 1. The molecule has 7 heteroatoms. The van der Waals surface area contributed by atoms with Gasteiger partial charge >= 0.3 is 5.97 Å². The molecule has 0 aliphatic heterocycles. The Bertz CT molecular complexity index is 461. The van der Waals surface area contributed by atoms with E-state index in [4.69, 9.17) is 0 Å². The molecule has 0 aromatic heterocycles. The van der Waals surface area contributed by atoms with Crippen LogP contribution in [0.4, 0.5) is 5.69 Å². The highest BCUT2D eigenvalue weighted by atomic mass is 32.2. The second-order valence-electron chi connectivity index (χ2n) is 3.53. The predicted octanol–water partition coefficient (Wildman–Crippen LogP) is 1.91. The van der Waals surface area contributed by atoms with Crippen molar-refractivity contribution in [3.63, 3.8) is 0 Å². The Balaban J connectivity index is 2.97. The summed E-state index contributed by atoms with van der Waals surface area (Å²) in [5, 5.41) is 20.3. The van der Waals surface area contributed by atoms with Crippen LogP contribution < -0.4 is 0 Å². The predicted molar refractivity (Wildman–Crippen MR) is 66.5 cm³/mol. The second kappa shape index (κ2) is 6.36. The maximum Gasteiger partial charge on any atom is 0.315 e. The fourth-order valence-electron chi connectivity index (χ4n) is 1.25. The third-order valence-corrected chi connectivity index (χ3v) is 3.27. The number of carbonyl (C=O) groups is 1. The lowest BCUT2D eigenvalue weighted by Gasteiger charge is -2.07. The lowest BCUT2D eigenvalue weighted by molar-refractivity contribution is -0.387. The molecule has 0 saturated heterocycles. The summed E-state index contributed by atoms with van der Waals surface area (Å²) in [4.78, 5) is 21.7. The number of hydrogen-bond acceptors (Lipinski definition) is 6. The maximum absolute atomic E-state index is 11.0. The molecule has 0 fully saturated rings. The zero-order valence-electron chi connectivity index (χ0n) is 9.95. The van der Waals surface area contributed by atoms with Gasteiger partial charge in [-0.05, 0) is 18.6 Å². The molecular weight excluding hydrogens is 258 g/mol. The molecule has 1 aromatic carbocycles. The molecular formula is C11H13NO5S. The van der Waals surface area contributed by atoms with Crippen LogP contribution in [-0.2, 0) is 9.53 Å². The Kier molecular flexibility index (Phi) is 5.11. The van der Waals surface area contributed by atoms with Crippen molar-refractivity contribution in [3.8, 4) is 0 Å². The number of aliphatic hydroxyl groups is 1. The Hall–Kier alpha value is -1.60. The van der Waals surface area contributed by atoms with E-state index < -0.39 is 17.0 Å². The Morgan fingerprint density at radius 1 is 1.61 bits per heavy atom. The van der Waals surface area contributed by atoms with Crippen molar-refractivity contribution in [2.45, 2.75) is 17.9 Å². The summed E-state index contributed by atoms with van der Waals surface area (Å²) < 4.78 is 4.46. The minimum absolute atomic E-state index is 0.00532. The standard InChI is InChI=1S/C11H13NO5S/c1-7(13)8-3-4-10(9(5-8)12(15)16)18-6-11(14)17-2/h3-5,7,13H,6H2,1-2H3/t7-/m1/s1. The van der Waals surface area contributed by atoms with Crippen LogP contribution >= 0.6 is 11.8 Å². The van der Waals surface area contributed by atoms with E-state index in [1.807, 2.05) is 0 Å². The Morgan fingerprint density at radius 3 is 2.78 bits per heavy atom. The van der Waals surface area contributed by atoms with Gasteiger partial charge in [0.05, 0.1) is 28.8 Å². The monoisotopic (exact) mass is 271 g/mol. The van der Waals surface area contributed by atoms with Crippen molar-refractivity contribution in [1.82, 2.24) is 0 Å². The molecule has 1 N–H and O–H groups in total. The van der Waals surface area contributed by atoms with Crippen molar-refractivity contribution >= 4 is 23.4 Å². The lowest BCUT2D eigenvalue weighted by Crippen LogP contribution is -2.04. The first-order valence-corrected chi connectivity index (χ1v) is 6.10. The molecule has 6 nitrogen and oxygen atoms in total. The summed E-state index contributed by atoms with van der Waals surface area (Å²) in [5.74, 6) is -0.445. The highest BCUT2D eigenvalue weighted by Crippen LogP contribution is 2.31. The van der Waals surface area contributed by atoms with E-state index >= 15 is 0 Å². The van der Waals surface area contributed by atoms with Crippen LogP contribution in [0.3, 0.4) is 0 Å². The minimum atomic E-state index is -0.775. The molecule has 0 spiro atoms. The van der Waals surface area contributed by atoms with Gasteiger partial charge in [0.2, 0.25) is 0 Å². The highest BCUT2D eigenvalue weighted by Gasteiger charge is 2.17. The summed E-state index contributed by atoms with van der Waals surface area (Å²) in [6.45, 7) is 1.53. The molecule has 0 unspecified atom stereocenters. The molecule has 0 heterocycles. The van der Waals surface area contributed by atoms with Gasteiger partial charge in [0.1, 0.15) is 0 Å². The third kappa shape index (κ3) is 3.71. The van der Waals surface area contributed by atoms with Crippen molar-refractivity contribution in [1.29, 1.82) is 0 Å². The first kappa shape index (κ1) is 14.5. The van der Waals surface area contributed by atoms with Crippen LogP contribution in [0.5, 0.6) is 0 Å². The van der Waals surface area contributed by atoms with E-state index in [1.54, 1.807) is 6.07 Å². The first-order chi connectivity index (χ1) is 8.45. The van der Waals surface area contributed by atoms with Crippen LogP contribution in [0.1, 0.15) is 18.6 Å². The number of nitro benzene ring substituents is 1. The van der Waals surface area contributed by atoms with Gasteiger partial charge in [0, 0.05) is 6.07 Å². The van der Waals surface area contributed by atoms with Gasteiger partial charge in [-0.25, -0.2) is 0 Å². The van der Waals surface area contributed by atoms with E-state index in [0.717, 1.165) is 11.8 Å². The van der Waals surface area contributed by atoms with Gasteiger partial charge in [-0.15, -0.1) is 11.8 Å². The number of esters is 1. The van der Waals surface area contributed by atoms with Gasteiger partial charge in [-0.3, -0.25) is 14.9 Å². The van der Waals surface area contributed by atoms with Crippen molar-refractivity contribution < 1.29 is 19.6 Å². The van der Waals surface area contributed by atoms with Gasteiger partial charge in [0.15, 0.2) is 0 Å². The maximum atomic E-state index is 11.0.